The number of nitrogen functional groups attached to an aromatic ring is 1. The average Bonchev–Trinajstić information content (AvgIpc) is 2.54. The number of nitrogens with two attached hydrogens (primary N) is 1. The number of benzene rings is 2. The van der Waals surface area contributed by atoms with Crippen LogP contribution < -0.4 is 5.73 Å². The second kappa shape index (κ2) is 5.37. The maximum absolute atomic E-state index is 12.6. The van der Waals surface area contributed by atoms with E-state index in [1.807, 2.05) is 43.3 Å². The van der Waals surface area contributed by atoms with Crippen molar-refractivity contribution in [2.45, 2.75) is 13.3 Å². The molecule has 0 spiro atoms. The molecule has 0 saturated heterocycles. The highest BCUT2D eigenvalue weighted by Gasteiger charge is 2.12. The molecule has 0 amide bonds. The molecular weight excluding hydrogens is 260 g/mol. The molecule has 1 aromatic heterocycles. The number of hydrogen-bond donors (Lipinski definition) is 1. The Morgan fingerprint density at radius 1 is 1.10 bits per heavy atom. The number of carbonyl (C=O) groups is 1. The third-order valence-corrected chi connectivity index (χ3v) is 3.62. The summed E-state index contributed by atoms with van der Waals surface area (Å²) >= 11 is 0. The van der Waals surface area contributed by atoms with Crippen LogP contribution >= 0.6 is 0 Å². The highest BCUT2D eigenvalue weighted by atomic mass is 16.1. The Hall–Kier alpha value is -2.68. The molecule has 2 aromatic carbocycles. The molecule has 0 unspecified atom stereocenters. The lowest BCUT2D eigenvalue weighted by atomic mass is 10.0. The molecule has 0 atom stereocenters. The summed E-state index contributed by atoms with van der Waals surface area (Å²) in [6.45, 7) is 2.02. The van der Waals surface area contributed by atoms with E-state index < -0.39 is 0 Å². The minimum Gasteiger partial charge on any atom is -0.399 e. The zero-order valence-corrected chi connectivity index (χ0v) is 11.8. The summed E-state index contributed by atoms with van der Waals surface area (Å²) in [5.41, 5.74) is 9.51. The van der Waals surface area contributed by atoms with E-state index in [0.717, 1.165) is 28.6 Å². The van der Waals surface area contributed by atoms with Crippen LogP contribution in [0.4, 0.5) is 5.69 Å². The first-order chi connectivity index (χ1) is 10.2. The van der Waals surface area contributed by atoms with E-state index >= 15 is 0 Å². The predicted octanol–water partition coefficient (Wildman–Crippen LogP) is 3.61. The number of fused-ring (bicyclic) bond motifs is 1. The van der Waals surface area contributed by atoms with Crippen LogP contribution in [0.2, 0.25) is 0 Å². The van der Waals surface area contributed by atoms with Gasteiger partial charge in [-0.05, 0) is 42.3 Å². The molecule has 0 aliphatic rings. The van der Waals surface area contributed by atoms with Crippen molar-refractivity contribution in [1.82, 2.24) is 4.98 Å². The van der Waals surface area contributed by atoms with Crippen LogP contribution in [-0.4, -0.2) is 10.8 Å². The Labute approximate surface area is 123 Å². The molecule has 21 heavy (non-hydrogen) atoms. The SMILES string of the molecule is CCc1cc(C(=O)c2ccc3ccccc3n2)ccc1N. The van der Waals surface area contributed by atoms with E-state index in [9.17, 15) is 4.79 Å². The fraction of sp³-hybridized carbons (Fsp3) is 0.111. The van der Waals surface area contributed by atoms with Crippen molar-refractivity contribution in [3.05, 3.63) is 71.4 Å². The van der Waals surface area contributed by atoms with Crippen molar-refractivity contribution in [1.29, 1.82) is 0 Å². The first-order valence-corrected chi connectivity index (χ1v) is 6.98. The summed E-state index contributed by atoms with van der Waals surface area (Å²) in [6, 6.07) is 16.9. The maximum Gasteiger partial charge on any atom is 0.211 e. The van der Waals surface area contributed by atoms with Gasteiger partial charge in [0.05, 0.1) is 5.52 Å². The predicted molar refractivity (Wildman–Crippen MR) is 85.4 cm³/mol. The number of pyridine rings is 1. The second-order valence-electron chi connectivity index (χ2n) is 4.99. The highest BCUT2D eigenvalue weighted by molar-refractivity contribution is 6.08. The Morgan fingerprint density at radius 2 is 1.90 bits per heavy atom. The average molecular weight is 276 g/mol. The Balaban J connectivity index is 2.03. The van der Waals surface area contributed by atoms with Gasteiger partial charge in [-0.25, -0.2) is 4.98 Å². The van der Waals surface area contributed by atoms with Crippen molar-refractivity contribution in [2.75, 3.05) is 5.73 Å². The molecule has 2 N–H and O–H groups in total. The monoisotopic (exact) mass is 276 g/mol. The number of para-hydroxylation sites is 1. The normalized spacial score (nSPS) is 10.7. The quantitative estimate of drug-likeness (QED) is 0.587. The van der Waals surface area contributed by atoms with Gasteiger partial charge in [0.2, 0.25) is 5.78 Å². The molecule has 3 aromatic rings. The van der Waals surface area contributed by atoms with Crippen LogP contribution in [0.5, 0.6) is 0 Å². The fourth-order valence-electron chi connectivity index (χ4n) is 2.39. The molecule has 104 valence electrons. The molecule has 0 radical (unpaired) electrons. The van der Waals surface area contributed by atoms with Crippen LogP contribution in [0, 0.1) is 0 Å². The Morgan fingerprint density at radius 3 is 2.71 bits per heavy atom. The molecule has 0 fully saturated rings. The number of carbonyl (C=O) groups excluding carboxylic acids is 1. The van der Waals surface area contributed by atoms with Gasteiger partial charge in [0.1, 0.15) is 5.69 Å². The van der Waals surface area contributed by atoms with Crippen molar-refractivity contribution < 1.29 is 4.79 Å². The molecule has 3 heteroatoms. The van der Waals surface area contributed by atoms with Crippen LogP contribution in [0.25, 0.3) is 10.9 Å². The molecule has 0 bridgehead atoms. The number of nitrogens with zero attached hydrogens (tertiary/aromatic N) is 1. The Kier molecular flexibility index (Phi) is 3.40. The van der Waals surface area contributed by atoms with Gasteiger partial charge in [-0.15, -0.1) is 0 Å². The van der Waals surface area contributed by atoms with Crippen molar-refractivity contribution in [3.63, 3.8) is 0 Å². The van der Waals surface area contributed by atoms with E-state index in [2.05, 4.69) is 4.98 Å². The topological polar surface area (TPSA) is 56.0 Å². The number of anilines is 1. The van der Waals surface area contributed by atoms with Gasteiger partial charge >= 0.3 is 0 Å². The fourth-order valence-corrected chi connectivity index (χ4v) is 2.39. The van der Waals surface area contributed by atoms with Crippen molar-refractivity contribution in [3.8, 4) is 0 Å². The van der Waals surface area contributed by atoms with Gasteiger partial charge < -0.3 is 5.73 Å². The van der Waals surface area contributed by atoms with E-state index in [4.69, 9.17) is 5.73 Å². The van der Waals surface area contributed by atoms with Crippen LogP contribution in [0.3, 0.4) is 0 Å². The highest BCUT2D eigenvalue weighted by Crippen LogP contribution is 2.18. The van der Waals surface area contributed by atoms with E-state index in [1.165, 1.54) is 0 Å². The number of ketones is 1. The van der Waals surface area contributed by atoms with Crippen LogP contribution in [0.15, 0.2) is 54.6 Å². The van der Waals surface area contributed by atoms with Gasteiger partial charge in [0.25, 0.3) is 0 Å². The van der Waals surface area contributed by atoms with Crippen LogP contribution in [-0.2, 0) is 6.42 Å². The van der Waals surface area contributed by atoms with Gasteiger partial charge in [-0.3, -0.25) is 4.79 Å². The minimum absolute atomic E-state index is 0.0737. The number of rotatable bonds is 3. The first-order valence-electron chi connectivity index (χ1n) is 6.98. The zero-order valence-electron chi connectivity index (χ0n) is 11.8. The summed E-state index contributed by atoms with van der Waals surface area (Å²) in [4.78, 5) is 17.0. The van der Waals surface area contributed by atoms with Gasteiger partial charge in [-0.1, -0.05) is 31.2 Å². The lowest BCUT2D eigenvalue weighted by Gasteiger charge is -2.07. The number of aromatic nitrogens is 1. The molecule has 0 saturated carbocycles. The van der Waals surface area contributed by atoms with Crippen molar-refractivity contribution >= 4 is 22.4 Å². The summed E-state index contributed by atoms with van der Waals surface area (Å²) in [7, 11) is 0. The van der Waals surface area contributed by atoms with Gasteiger partial charge in [-0.2, -0.15) is 0 Å². The summed E-state index contributed by atoms with van der Waals surface area (Å²) in [6.07, 6.45) is 0.804. The molecule has 0 aliphatic heterocycles. The van der Waals surface area contributed by atoms with Gasteiger partial charge in [0, 0.05) is 16.6 Å². The third-order valence-electron chi connectivity index (χ3n) is 3.62. The molecule has 3 rings (SSSR count). The first kappa shape index (κ1) is 13.3. The second-order valence-corrected chi connectivity index (χ2v) is 4.99. The zero-order chi connectivity index (χ0) is 14.8. The molecule has 3 nitrogen and oxygen atoms in total. The molecule has 0 aliphatic carbocycles. The van der Waals surface area contributed by atoms with E-state index in [-0.39, 0.29) is 5.78 Å². The van der Waals surface area contributed by atoms with Gasteiger partial charge in [0.15, 0.2) is 0 Å². The van der Waals surface area contributed by atoms with Crippen molar-refractivity contribution in [2.24, 2.45) is 0 Å². The lowest BCUT2D eigenvalue weighted by Crippen LogP contribution is -2.05. The summed E-state index contributed by atoms with van der Waals surface area (Å²) in [5, 5.41) is 1.03. The van der Waals surface area contributed by atoms with E-state index in [0.29, 0.717) is 11.3 Å². The maximum atomic E-state index is 12.6. The van der Waals surface area contributed by atoms with Crippen LogP contribution in [0.1, 0.15) is 28.5 Å². The summed E-state index contributed by atoms with van der Waals surface area (Å²) in [5.74, 6) is -0.0737. The number of hydrogen-bond acceptors (Lipinski definition) is 3. The largest absolute Gasteiger partial charge is 0.399 e. The van der Waals surface area contributed by atoms with E-state index in [1.54, 1.807) is 18.2 Å². The lowest BCUT2D eigenvalue weighted by molar-refractivity contribution is 0.103. The summed E-state index contributed by atoms with van der Waals surface area (Å²) < 4.78 is 0. The molecular formula is C18H16N2O. The molecule has 1 heterocycles. The Bertz CT molecular complexity index is 824. The minimum atomic E-state index is -0.0737. The number of aryl methyl sites for hydroxylation is 1. The smallest absolute Gasteiger partial charge is 0.211 e. The standard InChI is InChI=1S/C18H16N2O/c1-2-12-11-14(7-9-15(12)19)18(21)17-10-8-13-5-3-4-6-16(13)20-17/h3-11H,2,19H2,1H3. The third kappa shape index (κ3) is 2.50.